The zero-order chi connectivity index (χ0) is 24.1. The minimum atomic E-state index is -0.614. The molecule has 2 aromatic carbocycles. The maximum atomic E-state index is 10.4. The van der Waals surface area contributed by atoms with Gasteiger partial charge in [0.1, 0.15) is 5.75 Å². The molecule has 4 nitrogen and oxygen atoms in total. The van der Waals surface area contributed by atoms with Crippen LogP contribution in [0.5, 0.6) is 5.75 Å². The Morgan fingerprint density at radius 1 is 0.970 bits per heavy atom. The van der Waals surface area contributed by atoms with E-state index in [1.54, 1.807) is 0 Å². The van der Waals surface area contributed by atoms with E-state index in [9.17, 15) is 15.3 Å². The zero-order valence-electron chi connectivity index (χ0n) is 20.6. The van der Waals surface area contributed by atoms with Crippen molar-refractivity contribution in [3.8, 4) is 5.75 Å². The summed E-state index contributed by atoms with van der Waals surface area (Å²) in [6.45, 7) is 8.79. The molecule has 0 spiro atoms. The van der Waals surface area contributed by atoms with E-state index < -0.39 is 5.60 Å². The molecule has 0 amide bonds. The Balaban J connectivity index is 1.87. The number of benzene rings is 2. The van der Waals surface area contributed by atoms with Crippen LogP contribution in [0, 0.1) is 19.8 Å². The van der Waals surface area contributed by atoms with Gasteiger partial charge in [-0.05, 0) is 79.8 Å². The SMILES string of the molecule is CCC(CC)(c1ccc(/C=C/C2(O)CCC2)c(C)c1)c1ccc(OCC(CO)CO)c(C)c1. The number of hydrogen-bond donors (Lipinski definition) is 3. The number of aliphatic hydroxyl groups excluding tert-OH is 2. The molecule has 1 saturated carbocycles. The third-order valence-electron chi connectivity index (χ3n) is 7.54. The highest BCUT2D eigenvalue weighted by Gasteiger charge is 2.32. The summed E-state index contributed by atoms with van der Waals surface area (Å²) in [5.74, 6) is 0.521. The second-order valence-electron chi connectivity index (χ2n) is 9.67. The van der Waals surface area contributed by atoms with E-state index in [1.165, 1.54) is 16.7 Å². The molecule has 0 aromatic heterocycles. The third-order valence-corrected chi connectivity index (χ3v) is 7.54. The fourth-order valence-corrected chi connectivity index (χ4v) is 4.82. The molecule has 33 heavy (non-hydrogen) atoms. The molecule has 0 atom stereocenters. The molecule has 0 unspecified atom stereocenters. The standard InChI is InChI=1S/C29H40O4/c1-5-29(6-2,26-10-11-27(22(4)17-26)33-20-23(18-30)19-31)25-9-8-24(21(3)16-25)12-15-28(32)13-7-14-28/h8-12,15-17,23,30-32H,5-7,13-14,18-20H2,1-4H3/b15-12+. The van der Waals surface area contributed by atoms with Crippen molar-refractivity contribution in [2.45, 2.75) is 70.8 Å². The number of hydrogen-bond acceptors (Lipinski definition) is 4. The van der Waals surface area contributed by atoms with E-state index >= 15 is 0 Å². The second-order valence-corrected chi connectivity index (χ2v) is 9.67. The molecule has 3 N–H and O–H groups in total. The summed E-state index contributed by atoms with van der Waals surface area (Å²) < 4.78 is 5.88. The Bertz CT molecular complexity index is 950. The first kappa shape index (κ1) is 25.5. The van der Waals surface area contributed by atoms with Crippen molar-refractivity contribution in [2.75, 3.05) is 19.8 Å². The van der Waals surface area contributed by atoms with Crippen LogP contribution in [0.1, 0.15) is 73.8 Å². The molecule has 0 bridgehead atoms. The van der Waals surface area contributed by atoms with Crippen molar-refractivity contribution in [2.24, 2.45) is 5.92 Å². The lowest BCUT2D eigenvalue weighted by molar-refractivity contribution is 0.0150. The zero-order valence-corrected chi connectivity index (χ0v) is 20.6. The Morgan fingerprint density at radius 3 is 2.06 bits per heavy atom. The maximum Gasteiger partial charge on any atom is 0.122 e. The van der Waals surface area contributed by atoms with Crippen molar-refractivity contribution >= 4 is 6.08 Å². The van der Waals surface area contributed by atoms with Crippen LogP contribution in [-0.4, -0.2) is 40.7 Å². The fraction of sp³-hybridized carbons (Fsp3) is 0.517. The van der Waals surface area contributed by atoms with Crippen molar-refractivity contribution in [1.29, 1.82) is 0 Å². The summed E-state index contributed by atoms with van der Waals surface area (Å²) in [5.41, 5.74) is 5.29. The Morgan fingerprint density at radius 2 is 1.58 bits per heavy atom. The first-order valence-electron chi connectivity index (χ1n) is 12.3. The van der Waals surface area contributed by atoms with Gasteiger partial charge in [0.05, 0.1) is 25.4 Å². The minimum Gasteiger partial charge on any atom is -0.493 e. The molecule has 1 aliphatic rings. The van der Waals surface area contributed by atoms with Crippen molar-refractivity contribution in [3.63, 3.8) is 0 Å². The lowest BCUT2D eigenvalue weighted by Gasteiger charge is -2.34. The van der Waals surface area contributed by atoms with Gasteiger partial charge in [-0.1, -0.05) is 56.3 Å². The number of ether oxygens (including phenoxy) is 1. The van der Waals surface area contributed by atoms with Gasteiger partial charge >= 0.3 is 0 Å². The predicted molar refractivity (Wildman–Crippen MR) is 135 cm³/mol. The molecule has 4 heteroatoms. The fourth-order valence-electron chi connectivity index (χ4n) is 4.82. The van der Waals surface area contributed by atoms with Crippen molar-refractivity contribution in [1.82, 2.24) is 0 Å². The van der Waals surface area contributed by atoms with Gasteiger partial charge in [0.2, 0.25) is 0 Å². The van der Waals surface area contributed by atoms with Gasteiger partial charge in [-0.3, -0.25) is 0 Å². The lowest BCUT2D eigenvalue weighted by atomic mass is 9.70. The summed E-state index contributed by atoms with van der Waals surface area (Å²) in [7, 11) is 0. The number of rotatable bonds is 11. The van der Waals surface area contributed by atoms with E-state index in [-0.39, 0.29) is 24.5 Å². The summed E-state index contributed by atoms with van der Waals surface area (Å²) in [6, 6.07) is 13.1. The van der Waals surface area contributed by atoms with Crippen LogP contribution in [-0.2, 0) is 5.41 Å². The van der Waals surface area contributed by atoms with Crippen LogP contribution >= 0.6 is 0 Å². The normalized spacial score (nSPS) is 15.8. The monoisotopic (exact) mass is 452 g/mol. The molecule has 1 fully saturated rings. The van der Waals surface area contributed by atoms with Crippen LogP contribution in [0.2, 0.25) is 0 Å². The first-order valence-corrected chi connectivity index (χ1v) is 12.3. The molecule has 0 saturated heterocycles. The topological polar surface area (TPSA) is 69.9 Å². The Labute approximate surface area is 198 Å². The van der Waals surface area contributed by atoms with Gasteiger partial charge in [0.15, 0.2) is 0 Å². The molecule has 1 aliphatic carbocycles. The van der Waals surface area contributed by atoms with Gasteiger partial charge in [-0.25, -0.2) is 0 Å². The Kier molecular flexibility index (Phi) is 8.38. The van der Waals surface area contributed by atoms with E-state index in [1.807, 2.05) is 19.1 Å². The summed E-state index contributed by atoms with van der Waals surface area (Å²) in [6.07, 6.45) is 8.81. The van der Waals surface area contributed by atoms with Crippen LogP contribution < -0.4 is 4.74 Å². The van der Waals surface area contributed by atoms with Crippen molar-refractivity contribution in [3.05, 3.63) is 70.3 Å². The van der Waals surface area contributed by atoms with Crippen LogP contribution in [0.4, 0.5) is 0 Å². The van der Waals surface area contributed by atoms with Crippen LogP contribution in [0.25, 0.3) is 6.08 Å². The van der Waals surface area contributed by atoms with E-state index in [0.717, 1.165) is 49.0 Å². The highest BCUT2D eigenvalue weighted by Crippen LogP contribution is 2.41. The summed E-state index contributed by atoms with van der Waals surface area (Å²) in [5, 5.41) is 29.0. The second kappa shape index (κ2) is 10.9. The maximum absolute atomic E-state index is 10.4. The molecule has 0 radical (unpaired) electrons. The molecule has 0 heterocycles. The highest BCUT2D eigenvalue weighted by atomic mass is 16.5. The molecular weight excluding hydrogens is 412 g/mol. The van der Waals surface area contributed by atoms with Gasteiger partial charge in [-0.2, -0.15) is 0 Å². The molecule has 2 aromatic rings. The average molecular weight is 453 g/mol. The van der Waals surface area contributed by atoms with Gasteiger partial charge < -0.3 is 20.1 Å². The quantitative estimate of drug-likeness (QED) is 0.432. The largest absolute Gasteiger partial charge is 0.493 e. The van der Waals surface area contributed by atoms with E-state index in [4.69, 9.17) is 4.74 Å². The molecular formula is C29H40O4. The van der Waals surface area contributed by atoms with Crippen molar-refractivity contribution < 1.29 is 20.1 Å². The number of aliphatic hydroxyl groups is 3. The average Bonchev–Trinajstić information content (AvgIpc) is 2.80. The summed E-state index contributed by atoms with van der Waals surface area (Å²) >= 11 is 0. The smallest absolute Gasteiger partial charge is 0.122 e. The van der Waals surface area contributed by atoms with Crippen LogP contribution in [0.15, 0.2) is 42.5 Å². The summed E-state index contributed by atoms with van der Waals surface area (Å²) in [4.78, 5) is 0. The van der Waals surface area contributed by atoms with E-state index in [0.29, 0.717) is 6.61 Å². The molecule has 180 valence electrons. The van der Waals surface area contributed by atoms with Gasteiger partial charge in [-0.15, -0.1) is 0 Å². The number of aryl methyl sites for hydroxylation is 2. The first-order chi connectivity index (χ1) is 15.8. The Hall–Kier alpha value is -2.14. The predicted octanol–water partition coefficient (Wildman–Crippen LogP) is 5.32. The van der Waals surface area contributed by atoms with Gasteiger partial charge in [0.25, 0.3) is 0 Å². The van der Waals surface area contributed by atoms with Gasteiger partial charge in [0, 0.05) is 11.3 Å². The highest BCUT2D eigenvalue weighted by molar-refractivity contribution is 5.57. The minimum absolute atomic E-state index is 0.0910. The third kappa shape index (κ3) is 5.51. The molecule has 3 rings (SSSR count). The van der Waals surface area contributed by atoms with E-state index in [2.05, 4.69) is 57.2 Å². The lowest BCUT2D eigenvalue weighted by Crippen LogP contribution is -2.33. The van der Waals surface area contributed by atoms with Crippen LogP contribution in [0.3, 0.4) is 0 Å². The molecule has 0 aliphatic heterocycles.